The Bertz CT molecular complexity index is 1240. The van der Waals surface area contributed by atoms with Gasteiger partial charge in [-0.2, -0.15) is 0 Å². The average Bonchev–Trinajstić information content (AvgIpc) is 3.55. The lowest BCUT2D eigenvalue weighted by Gasteiger charge is -2.30. The number of amides is 1. The van der Waals surface area contributed by atoms with Gasteiger partial charge in [-0.25, -0.2) is 19.9 Å². The molecule has 0 saturated carbocycles. The smallest absolute Gasteiger partial charge is 0.222 e. The second-order valence-corrected chi connectivity index (χ2v) is 10.8. The number of nitrogens with zero attached hydrogens (tertiary/aromatic N) is 8. The molecule has 2 aliphatic heterocycles. The van der Waals surface area contributed by atoms with Gasteiger partial charge in [0, 0.05) is 76.1 Å². The van der Waals surface area contributed by atoms with Crippen molar-refractivity contribution in [1.29, 1.82) is 0 Å². The van der Waals surface area contributed by atoms with Crippen molar-refractivity contribution in [2.45, 2.75) is 59.2 Å². The van der Waals surface area contributed by atoms with E-state index in [1.807, 2.05) is 34.1 Å². The van der Waals surface area contributed by atoms with E-state index in [0.717, 1.165) is 80.7 Å². The van der Waals surface area contributed by atoms with Crippen LogP contribution in [0.5, 0.6) is 0 Å². The van der Waals surface area contributed by atoms with Crippen LogP contribution >= 0.6 is 0 Å². The van der Waals surface area contributed by atoms with Crippen LogP contribution in [0.1, 0.15) is 40.5 Å². The third-order valence-corrected chi connectivity index (χ3v) is 7.58. The molecule has 11 nitrogen and oxygen atoms in total. The first kappa shape index (κ1) is 27.3. The van der Waals surface area contributed by atoms with Gasteiger partial charge in [-0.15, -0.1) is 0 Å². The Balaban J connectivity index is 1.41. The van der Waals surface area contributed by atoms with Crippen molar-refractivity contribution in [3.8, 4) is 11.4 Å². The van der Waals surface area contributed by atoms with Gasteiger partial charge in [-0.05, 0) is 46.2 Å². The summed E-state index contributed by atoms with van der Waals surface area (Å²) in [6, 6.07) is 4.97. The molecule has 0 atom stereocenters. The van der Waals surface area contributed by atoms with E-state index in [1.54, 1.807) is 0 Å². The number of aromatic nitrogens is 5. The molecule has 0 bridgehead atoms. The van der Waals surface area contributed by atoms with Crippen LogP contribution in [0, 0.1) is 0 Å². The number of likely N-dealkylation sites (tertiary alicyclic amines) is 1. The van der Waals surface area contributed by atoms with E-state index in [0.29, 0.717) is 37.4 Å². The number of fused-ring (bicyclic) bond motifs is 1. The lowest BCUT2D eigenvalue weighted by molar-refractivity contribution is -0.127. The van der Waals surface area contributed by atoms with Gasteiger partial charge in [-0.1, -0.05) is 0 Å². The number of morpholine rings is 1. The summed E-state index contributed by atoms with van der Waals surface area (Å²) in [4.78, 5) is 38.0. The minimum atomic E-state index is 0.225. The largest absolute Gasteiger partial charge is 0.378 e. The van der Waals surface area contributed by atoms with E-state index in [1.165, 1.54) is 0 Å². The molecule has 2 fully saturated rings. The Morgan fingerprint density at radius 2 is 1.82 bits per heavy atom. The van der Waals surface area contributed by atoms with Gasteiger partial charge in [0.1, 0.15) is 11.3 Å². The van der Waals surface area contributed by atoms with E-state index in [-0.39, 0.29) is 5.91 Å². The summed E-state index contributed by atoms with van der Waals surface area (Å²) in [5.41, 5.74) is 2.35. The maximum Gasteiger partial charge on any atom is 0.222 e. The third-order valence-electron chi connectivity index (χ3n) is 7.58. The van der Waals surface area contributed by atoms with E-state index >= 15 is 0 Å². The van der Waals surface area contributed by atoms with Crippen LogP contribution in [0.3, 0.4) is 0 Å². The maximum absolute atomic E-state index is 12.1. The highest BCUT2D eigenvalue weighted by atomic mass is 16.5. The van der Waals surface area contributed by atoms with Crippen molar-refractivity contribution >= 4 is 28.7 Å². The fourth-order valence-electron chi connectivity index (χ4n) is 5.44. The summed E-state index contributed by atoms with van der Waals surface area (Å²) >= 11 is 0. The number of imidazole rings is 1. The molecule has 2 saturated heterocycles. The van der Waals surface area contributed by atoms with Crippen LogP contribution in [0.4, 0.5) is 11.6 Å². The Morgan fingerprint density at radius 3 is 2.49 bits per heavy atom. The van der Waals surface area contributed by atoms with Gasteiger partial charge in [0.25, 0.3) is 0 Å². The van der Waals surface area contributed by atoms with Gasteiger partial charge in [0.2, 0.25) is 5.91 Å². The number of pyridine rings is 1. The number of ether oxygens (including phenoxy) is 1. The Morgan fingerprint density at radius 1 is 1.03 bits per heavy atom. The Hall–Kier alpha value is -3.31. The molecule has 210 valence electrons. The highest BCUT2D eigenvalue weighted by Crippen LogP contribution is 2.25. The monoisotopic (exact) mass is 535 g/mol. The first-order valence-corrected chi connectivity index (χ1v) is 14.2. The van der Waals surface area contributed by atoms with Crippen molar-refractivity contribution in [2.75, 3.05) is 62.7 Å². The zero-order valence-corrected chi connectivity index (χ0v) is 23.6. The Labute approximate surface area is 230 Å². The van der Waals surface area contributed by atoms with E-state index in [2.05, 4.69) is 47.8 Å². The van der Waals surface area contributed by atoms with Crippen molar-refractivity contribution in [3.05, 3.63) is 24.7 Å². The number of carbonyl (C=O) groups excluding carboxylic acids is 1. The van der Waals surface area contributed by atoms with Crippen molar-refractivity contribution < 1.29 is 9.53 Å². The lowest BCUT2D eigenvalue weighted by atomic mass is 10.2. The van der Waals surface area contributed by atoms with Crippen molar-refractivity contribution in [3.63, 3.8) is 0 Å². The molecular formula is C28H41N9O2. The zero-order valence-electron chi connectivity index (χ0n) is 23.6. The fourth-order valence-corrected chi connectivity index (χ4v) is 5.44. The molecule has 0 unspecified atom stereocenters. The molecule has 5 heterocycles. The summed E-state index contributed by atoms with van der Waals surface area (Å²) < 4.78 is 7.50. The highest BCUT2D eigenvalue weighted by molar-refractivity contribution is 5.85. The number of anilines is 2. The minimum Gasteiger partial charge on any atom is -0.378 e. The molecular weight excluding hydrogens is 494 g/mol. The number of carbonyl (C=O) groups is 1. The number of hydrogen-bond donors (Lipinski definition) is 1. The van der Waals surface area contributed by atoms with Gasteiger partial charge in [-0.3, -0.25) is 9.69 Å². The summed E-state index contributed by atoms with van der Waals surface area (Å²) in [5.74, 6) is 2.48. The molecule has 0 aliphatic carbocycles. The van der Waals surface area contributed by atoms with Crippen LogP contribution in [0.15, 0.2) is 24.7 Å². The normalized spacial score (nSPS) is 16.4. The standard InChI is InChI=1S/C28H41N9O2/c1-20(2)37(21(3)4)11-9-29-27-25-28(36(19-31-25)13-12-35-10-5-6-24(35)38)33-26(32-27)22-7-8-23(30-18-22)34-14-16-39-17-15-34/h7-8,18-21H,5-6,9-17H2,1-4H3,(H,29,32,33). The van der Waals surface area contributed by atoms with E-state index in [9.17, 15) is 4.79 Å². The third kappa shape index (κ3) is 6.30. The molecule has 2 aliphatic rings. The topological polar surface area (TPSA) is 105 Å². The Kier molecular flexibility index (Phi) is 8.56. The molecule has 39 heavy (non-hydrogen) atoms. The van der Waals surface area contributed by atoms with E-state index in [4.69, 9.17) is 19.7 Å². The number of nitrogens with one attached hydrogen (secondary N) is 1. The fraction of sp³-hybridized carbons (Fsp3) is 0.607. The molecule has 0 aromatic carbocycles. The van der Waals surface area contributed by atoms with Crippen LogP contribution in [-0.4, -0.2) is 105 Å². The molecule has 5 rings (SSSR count). The zero-order chi connectivity index (χ0) is 27.4. The molecule has 0 radical (unpaired) electrons. The number of rotatable bonds is 11. The molecule has 3 aromatic heterocycles. The first-order valence-electron chi connectivity index (χ1n) is 14.2. The average molecular weight is 536 g/mol. The van der Waals surface area contributed by atoms with Gasteiger partial charge in [0.15, 0.2) is 17.3 Å². The predicted octanol–water partition coefficient (Wildman–Crippen LogP) is 2.88. The second kappa shape index (κ2) is 12.3. The predicted molar refractivity (Wildman–Crippen MR) is 153 cm³/mol. The number of hydrogen-bond acceptors (Lipinski definition) is 9. The first-order chi connectivity index (χ1) is 18.9. The molecule has 11 heteroatoms. The van der Waals surface area contributed by atoms with Crippen LogP contribution in [0.25, 0.3) is 22.6 Å². The molecule has 1 amide bonds. The SMILES string of the molecule is CC(C)N(CCNc1nc(-c2ccc(N3CCOCC3)nc2)nc2c1ncn2CCN1CCCC1=O)C(C)C. The second-order valence-electron chi connectivity index (χ2n) is 10.8. The highest BCUT2D eigenvalue weighted by Gasteiger charge is 2.21. The molecule has 3 aromatic rings. The minimum absolute atomic E-state index is 0.225. The molecule has 0 spiro atoms. The lowest BCUT2D eigenvalue weighted by Crippen LogP contribution is -2.40. The van der Waals surface area contributed by atoms with Gasteiger partial charge < -0.3 is 24.4 Å². The summed E-state index contributed by atoms with van der Waals surface area (Å²) in [6.07, 6.45) is 5.23. The van der Waals surface area contributed by atoms with E-state index < -0.39 is 0 Å². The van der Waals surface area contributed by atoms with Crippen LogP contribution < -0.4 is 10.2 Å². The van der Waals surface area contributed by atoms with Crippen LogP contribution in [0.2, 0.25) is 0 Å². The molecule has 1 N–H and O–H groups in total. The van der Waals surface area contributed by atoms with Crippen LogP contribution in [-0.2, 0) is 16.1 Å². The van der Waals surface area contributed by atoms with Crippen molar-refractivity contribution in [1.82, 2.24) is 34.3 Å². The summed E-state index contributed by atoms with van der Waals surface area (Å²) in [5, 5.41) is 3.54. The summed E-state index contributed by atoms with van der Waals surface area (Å²) in [6.45, 7) is 15.8. The quantitative estimate of drug-likeness (QED) is 0.397. The van der Waals surface area contributed by atoms with Crippen molar-refractivity contribution in [2.24, 2.45) is 0 Å². The maximum atomic E-state index is 12.1. The van der Waals surface area contributed by atoms with Gasteiger partial charge in [0.05, 0.1) is 19.5 Å². The summed E-state index contributed by atoms with van der Waals surface area (Å²) in [7, 11) is 0. The van der Waals surface area contributed by atoms with Gasteiger partial charge >= 0.3 is 0 Å².